The summed E-state index contributed by atoms with van der Waals surface area (Å²) in [5.41, 5.74) is 6.52. The third-order valence-corrected chi connectivity index (χ3v) is 5.23. The number of carbonyl (C=O) groups is 1. The second-order valence-corrected chi connectivity index (χ2v) is 7.00. The van der Waals surface area contributed by atoms with Crippen molar-refractivity contribution in [3.05, 3.63) is 62.7 Å². The van der Waals surface area contributed by atoms with Crippen molar-refractivity contribution in [2.75, 3.05) is 18.0 Å². The monoisotopic (exact) mass is 380 g/mol. The van der Waals surface area contributed by atoms with Crippen LogP contribution >= 0.6 is 0 Å². The van der Waals surface area contributed by atoms with Crippen molar-refractivity contribution in [3.8, 4) is 5.75 Å². The number of hydrogen-bond acceptors (Lipinski definition) is 6. The Kier molecular flexibility index (Phi) is 4.68. The fourth-order valence-corrected chi connectivity index (χ4v) is 3.93. The Morgan fingerprint density at radius 3 is 2.64 bits per heavy atom. The summed E-state index contributed by atoms with van der Waals surface area (Å²) in [6.45, 7) is 2.05. The molecular weight excluding hydrogens is 360 g/mol. The van der Waals surface area contributed by atoms with E-state index in [1.54, 1.807) is 0 Å². The molecule has 0 aliphatic carbocycles. The number of amides is 1. The van der Waals surface area contributed by atoms with Gasteiger partial charge in [-0.3, -0.25) is 14.9 Å². The molecule has 2 aliphatic rings. The SMILES string of the molecule is O=C(NN=Cc1cc2c3c(c1O)CCCN3CCC2)c1ccc([N+](=O)[O-])cc1. The third kappa shape index (κ3) is 3.28. The molecule has 4 rings (SSSR count). The number of rotatable bonds is 4. The van der Waals surface area contributed by atoms with E-state index >= 15 is 0 Å². The Morgan fingerprint density at radius 2 is 1.93 bits per heavy atom. The molecule has 0 atom stereocenters. The van der Waals surface area contributed by atoms with Gasteiger partial charge in [-0.2, -0.15) is 5.10 Å². The average Bonchev–Trinajstić information content (AvgIpc) is 2.71. The molecule has 2 aliphatic heterocycles. The van der Waals surface area contributed by atoms with Gasteiger partial charge in [-0.1, -0.05) is 0 Å². The molecule has 2 N–H and O–H groups in total. The van der Waals surface area contributed by atoms with Crippen LogP contribution < -0.4 is 10.3 Å². The molecule has 8 heteroatoms. The lowest BCUT2D eigenvalue weighted by Crippen LogP contribution is -2.34. The molecule has 0 radical (unpaired) electrons. The topological polar surface area (TPSA) is 108 Å². The van der Waals surface area contributed by atoms with Gasteiger partial charge in [0.1, 0.15) is 5.75 Å². The smallest absolute Gasteiger partial charge is 0.271 e. The van der Waals surface area contributed by atoms with Crippen molar-refractivity contribution in [2.45, 2.75) is 25.7 Å². The number of hydrazone groups is 1. The van der Waals surface area contributed by atoms with E-state index in [0.29, 0.717) is 5.56 Å². The predicted molar refractivity (Wildman–Crippen MR) is 105 cm³/mol. The van der Waals surface area contributed by atoms with Crippen molar-refractivity contribution in [2.24, 2.45) is 5.10 Å². The molecule has 2 aromatic carbocycles. The Hall–Kier alpha value is -3.42. The van der Waals surface area contributed by atoms with Gasteiger partial charge in [-0.15, -0.1) is 0 Å². The van der Waals surface area contributed by atoms with Crippen LogP contribution in [-0.4, -0.2) is 35.2 Å². The summed E-state index contributed by atoms with van der Waals surface area (Å²) in [5, 5.41) is 25.3. The number of anilines is 1. The van der Waals surface area contributed by atoms with Crippen molar-refractivity contribution >= 4 is 23.5 Å². The number of nitro groups is 1. The zero-order valence-corrected chi connectivity index (χ0v) is 15.2. The third-order valence-electron chi connectivity index (χ3n) is 5.23. The molecule has 0 spiro atoms. The fourth-order valence-electron chi connectivity index (χ4n) is 3.93. The first-order valence-corrected chi connectivity index (χ1v) is 9.25. The van der Waals surface area contributed by atoms with Gasteiger partial charge in [0.15, 0.2) is 0 Å². The van der Waals surface area contributed by atoms with E-state index in [1.165, 1.54) is 41.7 Å². The number of phenolic OH excluding ortho intramolecular Hbond substituents is 1. The standard InChI is InChI=1S/C20H20N4O4/c25-19-15(11-14-3-1-9-23-10-2-4-17(19)18(14)23)12-21-22-20(26)13-5-7-16(8-6-13)24(27)28/h5-8,11-12,25H,1-4,9-10H2,(H,22,26). The van der Waals surface area contributed by atoms with Crippen molar-refractivity contribution in [3.63, 3.8) is 0 Å². The number of aromatic hydroxyl groups is 1. The van der Waals surface area contributed by atoms with E-state index in [-0.39, 0.29) is 17.0 Å². The maximum absolute atomic E-state index is 12.1. The van der Waals surface area contributed by atoms with E-state index in [9.17, 15) is 20.0 Å². The van der Waals surface area contributed by atoms with Gasteiger partial charge in [0.2, 0.25) is 0 Å². The van der Waals surface area contributed by atoms with Crippen LogP contribution in [0.2, 0.25) is 0 Å². The van der Waals surface area contributed by atoms with Gasteiger partial charge in [-0.05, 0) is 49.4 Å². The lowest BCUT2D eigenvalue weighted by molar-refractivity contribution is -0.384. The Bertz CT molecular complexity index is 967. The predicted octanol–water partition coefficient (Wildman–Crippen LogP) is 2.76. The van der Waals surface area contributed by atoms with Crippen LogP contribution in [0.5, 0.6) is 5.75 Å². The lowest BCUT2D eigenvalue weighted by atomic mass is 9.89. The minimum Gasteiger partial charge on any atom is -0.507 e. The molecule has 0 unspecified atom stereocenters. The zero-order chi connectivity index (χ0) is 19.7. The highest BCUT2D eigenvalue weighted by Gasteiger charge is 2.27. The fraction of sp³-hybridized carbons (Fsp3) is 0.300. The maximum atomic E-state index is 12.1. The number of hydrogen-bond donors (Lipinski definition) is 2. The van der Waals surface area contributed by atoms with Crippen molar-refractivity contribution < 1.29 is 14.8 Å². The van der Waals surface area contributed by atoms with E-state index in [0.717, 1.165) is 44.3 Å². The van der Waals surface area contributed by atoms with E-state index < -0.39 is 10.8 Å². The number of nitrogens with zero attached hydrogens (tertiary/aromatic N) is 3. The van der Waals surface area contributed by atoms with Gasteiger partial charge in [0.25, 0.3) is 11.6 Å². The summed E-state index contributed by atoms with van der Waals surface area (Å²) in [5.74, 6) is -0.255. The average molecular weight is 380 g/mol. The lowest BCUT2D eigenvalue weighted by Gasteiger charge is -2.37. The van der Waals surface area contributed by atoms with Gasteiger partial charge in [0, 0.05) is 47.6 Å². The molecule has 8 nitrogen and oxygen atoms in total. The number of nitro benzene ring substituents is 1. The van der Waals surface area contributed by atoms with Gasteiger partial charge >= 0.3 is 0 Å². The summed E-state index contributed by atoms with van der Waals surface area (Å²) >= 11 is 0. The summed E-state index contributed by atoms with van der Waals surface area (Å²) in [6.07, 6.45) is 5.35. The quantitative estimate of drug-likeness (QED) is 0.482. The number of benzene rings is 2. The molecule has 0 aromatic heterocycles. The largest absolute Gasteiger partial charge is 0.507 e. The summed E-state index contributed by atoms with van der Waals surface area (Å²) in [6, 6.07) is 7.22. The first-order valence-electron chi connectivity index (χ1n) is 9.25. The van der Waals surface area contributed by atoms with Gasteiger partial charge in [-0.25, -0.2) is 5.43 Å². The highest BCUT2D eigenvalue weighted by atomic mass is 16.6. The molecule has 2 aromatic rings. The number of phenols is 1. The second-order valence-electron chi connectivity index (χ2n) is 7.00. The molecule has 28 heavy (non-hydrogen) atoms. The molecular formula is C20H20N4O4. The number of non-ortho nitro benzene ring substituents is 1. The van der Waals surface area contributed by atoms with E-state index in [4.69, 9.17) is 0 Å². The zero-order valence-electron chi connectivity index (χ0n) is 15.2. The van der Waals surface area contributed by atoms with Gasteiger partial charge < -0.3 is 10.0 Å². The molecule has 1 amide bonds. The van der Waals surface area contributed by atoms with Crippen LogP contribution in [0, 0.1) is 10.1 Å². The van der Waals surface area contributed by atoms with E-state index in [2.05, 4.69) is 15.4 Å². The summed E-state index contributed by atoms with van der Waals surface area (Å²) in [4.78, 5) is 24.6. The molecule has 0 saturated heterocycles. The Labute approximate surface area is 161 Å². The number of nitrogens with one attached hydrogen (secondary N) is 1. The van der Waals surface area contributed by atoms with Crippen molar-refractivity contribution in [1.29, 1.82) is 0 Å². The summed E-state index contributed by atoms with van der Waals surface area (Å²) in [7, 11) is 0. The highest BCUT2D eigenvalue weighted by molar-refractivity contribution is 5.95. The summed E-state index contributed by atoms with van der Waals surface area (Å²) < 4.78 is 0. The Balaban J connectivity index is 1.52. The first kappa shape index (κ1) is 18.0. The minimum absolute atomic E-state index is 0.0814. The van der Waals surface area contributed by atoms with Crippen LogP contribution in [0.1, 0.15) is 39.9 Å². The molecule has 144 valence electrons. The highest BCUT2D eigenvalue weighted by Crippen LogP contribution is 2.41. The van der Waals surface area contributed by atoms with Crippen LogP contribution in [0.25, 0.3) is 0 Å². The van der Waals surface area contributed by atoms with Crippen LogP contribution in [-0.2, 0) is 12.8 Å². The van der Waals surface area contributed by atoms with Crippen LogP contribution in [0.4, 0.5) is 11.4 Å². The normalized spacial score (nSPS) is 15.4. The number of carbonyl (C=O) groups excluding carboxylic acids is 1. The molecule has 2 heterocycles. The van der Waals surface area contributed by atoms with Crippen LogP contribution in [0.15, 0.2) is 35.4 Å². The Morgan fingerprint density at radius 1 is 1.21 bits per heavy atom. The van der Waals surface area contributed by atoms with Crippen LogP contribution in [0.3, 0.4) is 0 Å². The minimum atomic E-state index is -0.522. The number of aryl methyl sites for hydroxylation is 1. The van der Waals surface area contributed by atoms with E-state index in [1.807, 2.05) is 6.07 Å². The van der Waals surface area contributed by atoms with Gasteiger partial charge in [0.05, 0.1) is 11.1 Å². The molecule has 0 fully saturated rings. The second kappa shape index (κ2) is 7.30. The molecule has 0 saturated carbocycles. The molecule has 0 bridgehead atoms. The van der Waals surface area contributed by atoms with Crippen molar-refractivity contribution in [1.82, 2.24) is 5.43 Å². The first-order chi connectivity index (χ1) is 13.5. The maximum Gasteiger partial charge on any atom is 0.271 e.